The number of anilines is 1. The average molecular weight is 324 g/mol. The van der Waals surface area contributed by atoms with Crippen LogP contribution < -0.4 is 10.1 Å². The summed E-state index contributed by atoms with van der Waals surface area (Å²) < 4.78 is 7.37. The van der Waals surface area contributed by atoms with Crippen molar-refractivity contribution in [2.75, 3.05) is 12.4 Å². The van der Waals surface area contributed by atoms with E-state index >= 15 is 0 Å². The number of aryl methyl sites for hydroxylation is 2. The Balaban J connectivity index is 2.22. The summed E-state index contributed by atoms with van der Waals surface area (Å²) in [6.45, 7) is 1.91. The monoisotopic (exact) mass is 323 g/mol. The number of aromatic nitrogens is 2. The summed E-state index contributed by atoms with van der Waals surface area (Å²) >= 11 is 3.31. The first-order valence-corrected chi connectivity index (χ1v) is 6.45. The standard InChI is InChI=1S/C13H14BrN3O2/c1-8-6-9(19-3)4-5-11(8)15-13(18)12-10(14)7-17(2)16-12/h4-7H,1-3H3,(H,15,18). The SMILES string of the molecule is COc1ccc(NC(=O)c2nn(C)cc2Br)c(C)c1. The Bertz CT molecular complexity index is 622. The van der Waals surface area contributed by atoms with Crippen LogP contribution in [0.2, 0.25) is 0 Å². The Morgan fingerprint density at radius 1 is 1.47 bits per heavy atom. The van der Waals surface area contributed by atoms with Crippen LogP contribution in [0.15, 0.2) is 28.9 Å². The number of ether oxygens (including phenoxy) is 1. The van der Waals surface area contributed by atoms with Crippen LogP contribution in [0.4, 0.5) is 5.69 Å². The number of carbonyl (C=O) groups excluding carboxylic acids is 1. The van der Waals surface area contributed by atoms with Crippen molar-refractivity contribution in [1.29, 1.82) is 0 Å². The molecule has 0 unspecified atom stereocenters. The first-order chi connectivity index (χ1) is 9.01. The molecule has 0 fully saturated rings. The zero-order valence-electron chi connectivity index (χ0n) is 10.9. The van der Waals surface area contributed by atoms with Crippen LogP contribution >= 0.6 is 15.9 Å². The number of methoxy groups -OCH3 is 1. The van der Waals surface area contributed by atoms with Crippen molar-refractivity contribution in [3.63, 3.8) is 0 Å². The van der Waals surface area contributed by atoms with Gasteiger partial charge in [-0.25, -0.2) is 0 Å². The highest BCUT2D eigenvalue weighted by Crippen LogP contribution is 2.22. The van der Waals surface area contributed by atoms with Gasteiger partial charge in [-0.1, -0.05) is 0 Å². The lowest BCUT2D eigenvalue weighted by atomic mass is 10.2. The number of hydrogen-bond donors (Lipinski definition) is 1. The molecule has 0 atom stereocenters. The number of rotatable bonds is 3. The highest BCUT2D eigenvalue weighted by molar-refractivity contribution is 9.10. The molecule has 0 saturated heterocycles. The molecular weight excluding hydrogens is 310 g/mol. The smallest absolute Gasteiger partial charge is 0.277 e. The fourth-order valence-electron chi connectivity index (χ4n) is 1.70. The molecule has 2 aromatic rings. The van der Waals surface area contributed by atoms with Crippen LogP contribution in [-0.2, 0) is 7.05 Å². The van der Waals surface area contributed by atoms with Gasteiger partial charge in [-0.15, -0.1) is 0 Å². The molecule has 0 aliphatic heterocycles. The summed E-state index contributed by atoms with van der Waals surface area (Å²) in [7, 11) is 3.37. The van der Waals surface area contributed by atoms with Crippen molar-refractivity contribution in [2.45, 2.75) is 6.92 Å². The molecule has 19 heavy (non-hydrogen) atoms. The van der Waals surface area contributed by atoms with Gasteiger partial charge < -0.3 is 10.1 Å². The number of nitrogens with one attached hydrogen (secondary N) is 1. The minimum Gasteiger partial charge on any atom is -0.497 e. The Labute approximate surface area is 119 Å². The van der Waals surface area contributed by atoms with Crippen molar-refractivity contribution in [3.05, 3.63) is 40.1 Å². The van der Waals surface area contributed by atoms with E-state index in [-0.39, 0.29) is 5.91 Å². The van der Waals surface area contributed by atoms with E-state index in [2.05, 4.69) is 26.3 Å². The Hall–Kier alpha value is -1.82. The van der Waals surface area contributed by atoms with E-state index in [1.165, 1.54) is 0 Å². The van der Waals surface area contributed by atoms with Crippen LogP contribution in [-0.4, -0.2) is 22.8 Å². The summed E-state index contributed by atoms with van der Waals surface area (Å²) in [5, 5.41) is 6.93. The third kappa shape index (κ3) is 2.96. The maximum atomic E-state index is 12.1. The van der Waals surface area contributed by atoms with Crippen LogP contribution in [0.5, 0.6) is 5.75 Å². The van der Waals surface area contributed by atoms with Gasteiger partial charge in [0.25, 0.3) is 5.91 Å². The second kappa shape index (κ2) is 5.44. The molecule has 0 aliphatic rings. The number of nitrogens with zero attached hydrogens (tertiary/aromatic N) is 2. The predicted octanol–water partition coefficient (Wildman–Crippen LogP) is 2.75. The topological polar surface area (TPSA) is 56.1 Å². The number of halogens is 1. The molecule has 6 heteroatoms. The molecule has 1 amide bonds. The molecule has 2 rings (SSSR count). The predicted molar refractivity (Wildman–Crippen MR) is 76.6 cm³/mol. The van der Waals surface area contributed by atoms with Crippen LogP contribution in [0.25, 0.3) is 0 Å². The second-order valence-electron chi connectivity index (χ2n) is 4.13. The fraction of sp³-hybridized carbons (Fsp3) is 0.231. The molecule has 1 aromatic carbocycles. The Morgan fingerprint density at radius 2 is 2.21 bits per heavy atom. The first-order valence-electron chi connectivity index (χ1n) is 5.66. The van der Waals surface area contributed by atoms with E-state index in [1.54, 1.807) is 31.1 Å². The minimum absolute atomic E-state index is 0.249. The van der Waals surface area contributed by atoms with E-state index in [4.69, 9.17) is 4.74 Å². The van der Waals surface area contributed by atoms with E-state index in [0.29, 0.717) is 10.2 Å². The Morgan fingerprint density at radius 3 is 2.74 bits per heavy atom. The molecule has 1 heterocycles. The lowest BCUT2D eigenvalue weighted by Crippen LogP contribution is -2.14. The van der Waals surface area contributed by atoms with Crippen molar-refractivity contribution in [2.24, 2.45) is 7.05 Å². The summed E-state index contributed by atoms with van der Waals surface area (Å²) in [4.78, 5) is 12.1. The van der Waals surface area contributed by atoms with Gasteiger partial charge in [0.2, 0.25) is 0 Å². The lowest BCUT2D eigenvalue weighted by molar-refractivity contribution is 0.102. The molecule has 100 valence electrons. The van der Waals surface area contributed by atoms with Crippen molar-refractivity contribution in [1.82, 2.24) is 9.78 Å². The van der Waals surface area contributed by atoms with Gasteiger partial charge in [-0.2, -0.15) is 5.10 Å². The molecule has 0 saturated carbocycles. The highest BCUT2D eigenvalue weighted by Gasteiger charge is 2.15. The van der Waals surface area contributed by atoms with Crippen molar-refractivity contribution in [3.8, 4) is 5.75 Å². The third-order valence-corrected chi connectivity index (χ3v) is 3.26. The first kappa shape index (κ1) is 13.6. The normalized spacial score (nSPS) is 10.3. The maximum absolute atomic E-state index is 12.1. The summed E-state index contributed by atoms with van der Waals surface area (Å²) in [5.41, 5.74) is 2.03. The summed E-state index contributed by atoms with van der Waals surface area (Å²) in [6, 6.07) is 5.47. The van der Waals surface area contributed by atoms with Gasteiger partial charge in [0.1, 0.15) is 5.75 Å². The molecule has 0 bridgehead atoms. The largest absolute Gasteiger partial charge is 0.497 e. The van der Waals surface area contributed by atoms with E-state index in [9.17, 15) is 4.79 Å². The van der Waals surface area contributed by atoms with E-state index in [1.807, 2.05) is 19.1 Å². The van der Waals surface area contributed by atoms with Crippen LogP contribution in [0, 0.1) is 6.92 Å². The van der Waals surface area contributed by atoms with Crippen LogP contribution in [0.3, 0.4) is 0 Å². The number of carbonyl (C=O) groups is 1. The minimum atomic E-state index is -0.249. The van der Waals surface area contributed by atoms with Gasteiger partial charge in [0.15, 0.2) is 5.69 Å². The van der Waals surface area contributed by atoms with Crippen molar-refractivity contribution >= 4 is 27.5 Å². The van der Waals surface area contributed by atoms with Gasteiger partial charge in [0, 0.05) is 18.9 Å². The molecule has 1 N–H and O–H groups in total. The Kier molecular flexibility index (Phi) is 3.90. The molecule has 5 nitrogen and oxygen atoms in total. The molecule has 1 aromatic heterocycles. The van der Waals surface area contributed by atoms with Gasteiger partial charge >= 0.3 is 0 Å². The van der Waals surface area contributed by atoms with E-state index < -0.39 is 0 Å². The van der Waals surface area contributed by atoms with Gasteiger partial charge in [0.05, 0.1) is 11.6 Å². The third-order valence-electron chi connectivity index (χ3n) is 2.68. The second-order valence-corrected chi connectivity index (χ2v) is 4.99. The van der Waals surface area contributed by atoms with E-state index in [0.717, 1.165) is 17.0 Å². The van der Waals surface area contributed by atoms with Crippen molar-refractivity contribution < 1.29 is 9.53 Å². The molecule has 0 radical (unpaired) electrons. The zero-order valence-corrected chi connectivity index (χ0v) is 12.5. The lowest BCUT2D eigenvalue weighted by Gasteiger charge is -2.09. The molecule has 0 aliphatic carbocycles. The van der Waals surface area contributed by atoms with Gasteiger partial charge in [-0.05, 0) is 46.6 Å². The number of amides is 1. The maximum Gasteiger partial charge on any atom is 0.277 e. The molecule has 0 spiro atoms. The van der Waals surface area contributed by atoms with Crippen LogP contribution in [0.1, 0.15) is 16.1 Å². The summed E-state index contributed by atoms with van der Waals surface area (Å²) in [6.07, 6.45) is 1.73. The zero-order chi connectivity index (χ0) is 14.0. The summed E-state index contributed by atoms with van der Waals surface area (Å²) in [5.74, 6) is 0.509. The quantitative estimate of drug-likeness (QED) is 0.944. The highest BCUT2D eigenvalue weighted by atomic mass is 79.9. The number of hydrogen-bond acceptors (Lipinski definition) is 3. The molecular formula is C13H14BrN3O2. The fourth-order valence-corrected chi connectivity index (χ4v) is 2.25. The average Bonchev–Trinajstić information content (AvgIpc) is 2.71. The van der Waals surface area contributed by atoms with Gasteiger partial charge in [-0.3, -0.25) is 9.48 Å². The number of benzene rings is 1.